The lowest BCUT2D eigenvalue weighted by Crippen LogP contribution is -2.53. The molecule has 3 heterocycles. The van der Waals surface area contributed by atoms with Crippen LogP contribution in [0.5, 0.6) is 0 Å². The van der Waals surface area contributed by atoms with Gasteiger partial charge in [0.2, 0.25) is 17.7 Å². The van der Waals surface area contributed by atoms with Gasteiger partial charge in [0.25, 0.3) is 0 Å². The number of likely N-dealkylation sites (tertiary alicyclic amines) is 2. The number of hydrogen-bond acceptors (Lipinski definition) is 4. The summed E-state index contributed by atoms with van der Waals surface area (Å²) in [6.07, 6.45) is 3.47. The number of para-hydroxylation sites is 1. The summed E-state index contributed by atoms with van der Waals surface area (Å²) < 4.78 is 0. The van der Waals surface area contributed by atoms with Crippen molar-refractivity contribution in [1.82, 2.24) is 14.7 Å². The van der Waals surface area contributed by atoms with E-state index in [0.717, 1.165) is 45.6 Å². The Morgan fingerprint density at radius 1 is 0.867 bits per heavy atom. The van der Waals surface area contributed by atoms with Crippen molar-refractivity contribution in [2.75, 3.05) is 57.3 Å². The fourth-order valence-corrected chi connectivity index (χ4v) is 4.81. The number of piperazine rings is 1. The van der Waals surface area contributed by atoms with Gasteiger partial charge in [-0.3, -0.25) is 14.4 Å². The molecule has 7 heteroatoms. The molecule has 0 aliphatic carbocycles. The molecule has 3 aliphatic rings. The van der Waals surface area contributed by atoms with Crippen molar-refractivity contribution in [3.8, 4) is 0 Å². The topological polar surface area (TPSA) is 64.2 Å². The van der Waals surface area contributed by atoms with Crippen LogP contribution in [0, 0.1) is 5.92 Å². The van der Waals surface area contributed by atoms with E-state index in [2.05, 4.69) is 17.0 Å². The molecule has 0 radical (unpaired) electrons. The van der Waals surface area contributed by atoms with Gasteiger partial charge in [0.05, 0.1) is 5.92 Å². The maximum absolute atomic E-state index is 13.1. The zero-order chi connectivity index (χ0) is 20.9. The van der Waals surface area contributed by atoms with Crippen molar-refractivity contribution in [3.05, 3.63) is 30.3 Å². The van der Waals surface area contributed by atoms with Crippen LogP contribution in [0.2, 0.25) is 0 Å². The predicted octanol–water partition coefficient (Wildman–Crippen LogP) is 1.59. The molecule has 1 atom stereocenters. The van der Waals surface area contributed by atoms with Gasteiger partial charge in [0.15, 0.2) is 0 Å². The first-order chi connectivity index (χ1) is 14.6. The number of piperidine rings is 1. The Hall–Kier alpha value is -2.57. The van der Waals surface area contributed by atoms with Crippen LogP contribution < -0.4 is 4.90 Å². The van der Waals surface area contributed by atoms with Gasteiger partial charge in [-0.2, -0.15) is 0 Å². The van der Waals surface area contributed by atoms with E-state index in [9.17, 15) is 14.4 Å². The standard InChI is InChI=1S/C23H32N4O3/c28-21-8-4-11-25(21)12-5-13-27-18-19(9-10-22(27)29)23(30)26-16-14-24(15-17-26)20-6-2-1-3-7-20/h1-3,6-7,19H,4-5,8-18H2/t19-/m1/s1. The van der Waals surface area contributed by atoms with Crippen LogP contribution in [-0.2, 0) is 14.4 Å². The highest BCUT2D eigenvalue weighted by molar-refractivity contribution is 5.84. The Morgan fingerprint density at radius 3 is 2.27 bits per heavy atom. The van der Waals surface area contributed by atoms with Crippen LogP contribution in [-0.4, -0.2) is 84.8 Å². The summed E-state index contributed by atoms with van der Waals surface area (Å²) in [5.41, 5.74) is 1.20. The fourth-order valence-electron chi connectivity index (χ4n) is 4.81. The fraction of sp³-hybridized carbons (Fsp3) is 0.609. The summed E-state index contributed by atoms with van der Waals surface area (Å²) in [6, 6.07) is 10.3. The minimum Gasteiger partial charge on any atom is -0.368 e. The van der Waals surface area contributed by atoms with Gasteiger partial charge in [-0.15, -0.1) is 0 Å². The second kappa shape index (κ2) is 9.49. The lowest BCUT2D eigenvalue weighted by molar-refractivity contribution is -0.143. The number of carbonyl (C=O) groups is 3. The summed E-state index contributed by atoms with van der Waals surface area (Å²) >= 11 is 0. The molecular weight excluding hydrogens is 380 g/mol. The first-order valence-electron chi connectivity index (χ1n) is 11.3. The first kappa shape index (κ1) is 20.7. The minimum absolute atomic E-state index is 0.0978. The van der Waals surface area contributed by atoms with E-state index in [-0.39, 0.29) is 23.6 Å². The second-order valence-corrected chi connectivity index (χ2v) is 8.56. The number of nitrogens with zero attached hydrogens (tertiary/aromatic N) is 4. The molecule has 3 saturated heterocycles. The predicted molar refractivity (Wildman–Crippen MR) is 115 cm³/mol. The molecule has 0 aromatic heterocycles. The molecule has 3 fully saturated rings. The van der Waals surface area contributed by atoms with E-state index in [0.29, 0.717) is 38.9 Å². The highest BCUT2D eigenvalue weighted by atomic mass is 16.2. The third kappa shape index (κ3) is 4.77. The summed E-state index contributed by atoms with van der Waals surface area (Å²) in [5, 5.41) is 0. The molecule has 1 aromatic carbocycles. The van der Waals surface area contributed by atoms with Crippen LogP contribution in [0.15, 0.2) is 30.3 Å². The van der Waals surface area contributed by atoms with Gasteiger partial charge < -0.3 is 19.6 Å². The highest BCUT2D eigenvalue weighted by Crippen LogP contribution is 2.22. The Bertz CT molecular complexity index is 761. The van der Waals surface area contributed by atoms with Gasteiger partial charge in [-0.1, -0.05) is 18.2 Å². The average Bonchev–Trinajstić information content (AvgIpc) is 3.20. The zero-order valence-corrected chi connectivity index (χ0v) is 17.7. The molecular formula is C23H32N4O3. The molecule has 0 unspecified atom stereocenters. The smallest absolute Gasteiger partial charge is 0.227 e. The number of hydrogen-bond donors (Lipinski definition) is 0. The van der Waals surface area contributed by atoms with Crippen molar-refractivity contribution in [2.24, 2.45) is 5.92 Å². The van der Waals surface area contributed by atoms with Gasteiger partial charge in [0, 0.05) is 70.9 Å². The van der Waals surface area contributed by atoms with Crippen LogP contribution >= 0.6 is 0 Å². The molecule has 162 valence electrons. The normalized spacial score (nSPS) is 22.7. The lowest BCUT2D eigenvalue weighted by Gasteiger charge is -2.39. The van der Waals surface area contributed by atoms with E-state index in [1.165, 1.54) is 5.69 Å². The Balaban J connectivity index is 1.25. The van der Waals surface area contributed by atoms with E-state index >= 15 is 0 Å². The molecule has 4 rings (SSSR count). The molecule has 0 saturated carbocycles. The third-order valence-corrected chi connectivity index (χ3v) is 6.59. The van der Waals surface area contributed by atoms with E-state index in [1.807, 2.05) is 32.9 Å². The summed E-state index contributed by atoms with van der Waals surface area (Å²) in [7, 11) is 0. The lowest BCUT2D eigenvalue weighted by atomic mass is 9.95. The molecule has 3 amide bonds. The van der Waals surface area contributed by atoms with Crippen molar-refractivity contribution in [1.29, 1.82) is 0 Å². The van der Waals surface area contributed by atoms with Crippen molar-refractivity contribution >= 4 is 23.4 Å². The van der Waals surface area contributed by atoms with Crippen molar-refractivity contribution < 1.29 is 14.4 Å². The van der Waals surface area contributed by atoms with Crippen LogP contribution in [0.25, 0.3) is 0 Å². The molecule has 30 heavy (non-hydrogen) atoms. The maximum Gasteiger partial charge on any atom is 0.227 e. The molecule has 0 N–H and O–H groups in total. The van der Waals surface area contributed by atoms with Crippen LogP contribution in [0.4, 0.5) is 5.69 Å². The maximum atomic E-state index is 13.1. The first-order valence-corrected chi connectivity index (χ1v) is 11.3. The molecule has 0 bridgehead atoms. The quantitative estimate of drug-likeness (QED) is 0.712. The summed E-state index contributed by atoms with van der Waals surface area (Å²) in [6.45, 7) is 5.85. The largest absolute Gasteiger partial charge is 0.368 e. The Morgan fingerprint density at radius 2 is 1.57 bits per heavy atom. The van der Waals surface area contributed by atoms with Gasteiger partial charge in [0.1, 0.15) is 0 Å². The zero-order valence-electron chi connectivity index (χ0n) is 17.7. The number of amides is 3. The molecule has 3 aliphatic heterocycles. The molecule has 7 nitrogen and oxygen atoms in total. The van der Waals surface area contributed by atoms with Crippen LogP contribution in [0.1, 0.15) is 32.1 Å². The number of carbonyl (C=O) groups excluding carboxylic acids is 3. The van der Waals surface area contributed by atoms with Crippen molar-refractivity contribution in [2.45, 2.75) is 32.1 Å². The number of anilines is 1. The van der Waals surface area contributed by atoms with Gasteiger partial charge in [-0.05, 0) is 31.4 Å². The SMILES string of the molecule is O=C1CCCN1CCCN1C[C@H](C(=O)N2CCN(c3ccccc3)CC2)CCC1=O. The van der Waals surface area contributed by atoms with Gasteiger partial charge in [-0.25, -0.2) is 0 Å². The molecule has 1 aromatic rings. The van der Waals surface area contributed by atoms with Crippen LogP contribution in [0.3, 0.4) is 0 Å². The Labute approximate surface area is 178 Å². The highest BCUT2D eigenvalue weighted by Gasteiger charge is 2.34. The van der Waals surface area contributed by atoms with Crippen molar-refractivity contribution in [3.63, 3.8) is 0 Å². The monoisotopic (exact) mass is 412 g/mol. The van der Waals surface area contributed by atoms with E-state index < -0.39 is 0 Å². The van der Waals surface area contributed by atoms with Gasteiger partial charge >= 0.3 is 0 Å². The number of rotatable bonds is 6. The summed E-state index contributed by atoms with van der Waals surface area (Å²) in [4.78, 5) is 45.2. The number of benzene rings is 1. The second-order valence-electron chi connectivity index (χ2n) is 8.56. The average molecular weight is 413 g/mol. The minimum atomic E-state index is -0.0978. The molecule has 0 spiro atoms. The third-order valence-electron chi connectivity index (χ3n) is 6.59. The Kier molecular flexibility index (Phi) is 6.55. The van der Waals surface area contributed by atoms with E-state index in [1.54, 1.807) is 0 Å². The summed E-state index contributed by atoms with van der Waals surface area (Å²) in [5.74, 6) is 0.456. The van der Waals surface area contributed by atoms with E-state index in [4.69, 9.17) is 0 Å².